The second-order valence-corrected chi connectivity index (χ2v) is 11.0. The molecule has 0 atom stereocenters. The van der Waals surface area contributed by atoms with Crippen molar-refractivity contribution < 1.29 is 0 Å². The Balaban J connectivity index is 1.64. The van der Waals surface area contributed by atoms with E-state index in [0.717, 1.165) is 6.42 Å². The maximum Gasteiger partial charge on any atom is 0.0158 e. The van der Waals surface area contributed by atoms with Gasteiger partial charge in [-0.3, -0.25) is 0 Å². The molecule has 0 aliphatic heterocycles. The Morgan fingerprint density at radius 1 is 0.562 bits per heavy atom. The lowest BCUT2D eigenvalue weighted by Crippen LogP contribution is -2.18. The smallest absolute Gasteiger partial charge is 0.0158 e. The summed E-state index contributed by atoms with van der Waals surface area (Å²) in [6.45, 7) is 14.3. The van der Waals surface area contributed by atoms with Gasteiger partial charge in [0.25, 0.3) is 0 Å². The van der Waals surface area contributed by atoms with E-state index in [0.29, 0.717) is 0 Å². The standard InChI is InChI=1S/C32H32/c1-19-15-17-27-30(23-12-8-10-14-25(23)32(27,5)6)28(19)21-16-18-26-29(20(21)2)22-11-7-9-13-24(22)31(26,3)4/h7-14,16,18H,15,17H2,1-6H3. The van der Waals surface area contributed by atoms with Crippen LogP contribution in [0.4, 0.5) is 0 Å². The quantitative estimate of drug-likeness (QED) is 0.372. The SMILES string of the molecule is CC1=C(c2ccc3c(c2C)-c2ccccc2C3(C)C)C2=C(CC1)C(C)(C)c1ccccc12. The highest BCUT2D eigenvalue weighted by atomic mass is 14.4. The van der Waals surface area contributed by atoms with Gasteiger partial charge in [-0.1, -0.05) is 99.5 Å². The Labute approximate surface area is 192 Å². The normalized spacial score (nSPS) is 19.6. The predicted molar refractivity (Wildman–Crippen MR) is 137 cm³/mol. The molecule has 0 radical (unpaired) electrons. The van der Waals surface area contributed by atoms with Gasteiger partial charge in [-0.25, -0.2) is 0 Å². The Morgan fingerprint density at radius 2 is 1.19 bits per heavy atom. The van der Waals surface area contributed by atoms with E-state index in [1.54, 1.807) is 5.57 Å². The molecular weight excluding hydrogens is 384 g/mol. The van der Waals surface area contributed by atoms with Gasteiger partial charge in [0.1, 0.15) is 0 Å². The van der Waals surface area contributed by atoms with E-state index in [1.807, 2.05) is 0 Å². The van der Waals surface area contributed by atoms with Crippen molar-refractivity contribution in [1.29, 1.82) is 0 Å². The lowest BCUT2D eigenvalue weighted by atomic mass is 9.74. The zero-order valence-corrected chi connectivity index (χ0v) is 20.2. The molecule has 32 heavy (non-hydrogen) atoms. The highest BCUT2D eigenvalue weighted by Crippen LogP contribution is 2.57. The number of hydrogen-bond donors (Lipinski definition) is 0. The number of allylic oxidation sites excluding steroid dienone is 4. The van der Waals surface area contributed by atoms with Gasteiger partial charge in [0.15, 0.2) is 0 Å². The molecule has 0 bridgehead atoms. The summed E-state index contributed by atoms with van der Waals surface area (Å²) in [6, 6.07) is 23.0. The third-order valence-corrected chi connectivity index (χ3v) is 8.63. The Bertz CT molecular complexity index is 1370. The monoisotopic (exact) mass is 416 g/mol. The van der Waals surface area contributed by atoms with Crippen LogP contribution in [0.25, 0.3) is 22.3 Å². The largest absolute Gasteiger partial charge is 0.0645 e. The van der Waals surface area contributed by atoms with Gasteiger partial charge < -0.3 is 0 Å². The average Bonchev–Trinajstić information content (AvgIpc) is 3.15. The molecule has 0 amide bonds. The molecule has 0 N–H and O–H groups in total. The van der Waals surface area contributed by atoms with E-state index in [1.165, 1.54) is 67.6 Å². The topological polar surface area (TPSA) is 0 Å². The molecule has 0 heterocycles. The van der Waals surface area contributed by atoms with Crippen LogP contribution in [-0.2, 0) is 10.8 Å². The Hall–Kier alpha value is -2.86. The van der Waals surface area contributed by atoms with Crippen molar-refractivity contribution in [2.75, 3.05) is 0 Å². The lowest BCUT2D eigenvalue weighted by Gasteiger charge is -2.29. The highest BCUT2D eigenvalue weighted by molar-refractivity contribution is 6.12. The summed E-state index contributed by atoms with van der Waals surface area (Å²) in [5.74, 6) is 0. The molecule has 0 nitrogen and oxygen atoms in total. The first kappa shape index (κ1) is 19.8. The fourth-order valence-electron chi connectivity index (χ4n) is 6.86. The molecule has 160 valence electrons. The molecule has 0 unspecified atom stereocenters. The zero-order chi connectivity index (χ0) is 22.4. The second kappa shape index (κ2) is 6.35. The molecular formula is C32H32. The number of rotatable bonds is 1. The van der Waals surface area contributed by atoms with Crippen molar-refractivity contribution in [3.8, 4) is 11.1 Å². The predicted octanol–water partition coefficient (Wildman–Crippen LogP) is 8.61. The van der Waals surface area contributed by atoms with Crippen molar-refractivity contribution in [3.05, 3.63) is 105 Å². The van der Waals surface area contributed by atoms with Crippen molar-refractivity contribution >= 4 is 11.1 Å². The molecule has 0 saturated carbocycles. The summed E-state index contributed by atoms with van der Waals surface area (Å²) in [5, 5.41) is 0. The van der Waals surface area contributed by atoms with Crippen LogP contribution in [0, 0.1) is 6.92 Å². The molecule has 3 aromatic rings. The maximum atomic E-state index is 2.42. The molecule has 0 saturated heterocycles. The first-order chi connectivity index (χ1) is 15.2. The molecule has 0 heteroatoms. The molecule has 3 aromatic carbocycles. The van der Waals surface area contributed by atoms with Crippen LogP contribution in [0.5, 0.6) is 0 Å². The van der Waals surface area contributed by atoms with Crippen LogP contribution in [-0.4, -0.2) is 0 Å². The second-order valence-electron chi connectivity index (χ2n) is 11.0. The van der Waals surface area contributed by atoms with Crippen molar-refractivity contribution in [1.82, 2.24) is 0 Å². The third-order valence-electron chi connectivity index (χ3n) is 8.63. The third kappa shape index (κ3) is 2.33. The first-order valence-electron chi connectivity index (χ1n) is 12.0. The van der Waals surface area contributed by atoms with E-state index >= 15 is 0 Å². The van der Waals surface area contributed by atoms with Gasteiger partial charge in [0, 0.05) is 10.8 Å². The molecule has 6 rings (SSSR count). The highest BCUT2D eigenvalue weighted by Gasteiger charge is 2.42. The van der Waals surface area contributed by atoms with E-state index in [4.69, 9.17) is 0 Å². The summed E-state index contributed by atoms with van der Waals surface area (Å²) < 4.78 is 0. The minimum Gasteiger partial charge on any atom is -0.0645 e. The van der Waals surface area contributed by atoms with Gasteiger partial charge in [0.2, 0.25) is 0 Å². The summed E-state index contributed by atoms with van der Waals surface area (Å²) in [7, 11) is 0. The van der Waals surface area contributed by atoms with E-state index in [9.17, 15) is 0 Å². The van der Waals surface area contributed by atoms with Crippen molar-refractivity contribution in [2.45, 2.75) is 65.2 Å². The van der Waals surface area contributed by atoms with Crippen LogP contribution >= 0.6 is 0 Å². The van der Waals surface area contributed by atoms with Gasteiger partial charge in [0.05, 0.1) is 0 Å². The summed E-state index contributed by atoms with van der Waals surface area (Å²) in [5.41, 5.74) is 17.9. The van der Waals surface area contributed by atoms with Crippen molar-refractivity contribution in [2.24, 2.45) is 0 Å². The number of fused-ring (bicyclic) bond motifs is 5. The zero-order valence-electron chi connectivity index (χ0n) is 20.2. The minimum absolute atomic E-state index is 0.0532. The van der Waals surface area contributed by atoms with Crippen molar-refractivity contribution in [3.63, 3.8) is 0 Å². The number of hydrogen-bond acceptors (Lipinski definition) is 0. The summed E-state index contributed by atoms with van der Waals surface area (Å²) in [6.07, 6.45) is 2.33. The molecule has 0 aromatic heterocycles. The lowest BCUT2D eigenvalue weighted by molar-refractivity contribution is 0.604. The van der Waals surface area contributed by atoms with E-state index in [2.05, 4.69) is 102 Å². The maximum absolute atomic E-state index is 2.42. The fourth-order valence-corrected chi connectivity index (χ4v) is 6.86. The van der Waals surface area contributed by atoms with E-state index < -0.39 is 0 Å². The van der Waals surface area contributed by atoms with Gasteiger partial charge in [-0.05, 0) is 82.3 Å². The molecule has 0 fully saturated rings. The number of benzene rings is 3. The van der Waals surface area contributed by atoms with Gasteiger partial charge in [-0.2, -0.15) is 0 Å². The minimum atomic E-state index is 0.0532. The Morgan fingerprint density at radius 3 is 1.91 bits per heavy atom. The van der Waals surface area contributed by atoms with Crippen LogP contribution in [0.2, 0.25) is 0 Å². The molecule has 3 aliphatic rings. The molecule has 3 aliphatic carbocycles. The van der Waals surface area contributed by atoms with E-state index in [-0.39, 0.29) is 10.8 Å². The average molecular weight is 417 g/mol. The van der Waals surface area contributed by atoms with Crippen LogP contribution in [0.1, 0.15) is 80.8 Å². The Kier molecular flexibility index (Phi) is 3.93. The first-order valence-corrected chi connectivity index (χ1v) is 12.0. The van der Waals surface area contributed by atoms with Crippen LogP contribution in [0.3, 0.4) is 0 Å². The summed E-state index contributed by atoms with van der Waals surface area (Å²) in [4.78, 5) is 0. The fraction of sp³-hybridized carbons (Fsp3) is 0.312. The van der Waals surface area contributed by atoms with Crippen LogP contribution < -0.4 is 0 Å². The molecule has 0 spiro atoms. The van der Waals surface area contributed by atoms with Gasteiger partial charge in [-0.15, -0.1) is 0 Å². The van der Waals surface area contributed by atoms with Gasteiger partial charge >= 0.3 is 0 Å². The summed E-state index contributed by atoms with van der Waals surface area (Å²) >= 11 is 0. The van der Waals surface area contributed by atoms with Crippen LogP contribution in [0.15, 0.2) is 71.8 Å².